The molecule has 222 valence electrons. The number of hydrogen-bond acceptors (Lipinski definition) is 5. The van der Waals surface area contributed by atoms with Crippen molar-refractivity contribution in [1.29, 1.82) is 0 Å². The molecule has 0 bridgehead atoms. The van der Waals surface area contributed by atoms with E-state index in [4.69, 9.17) is 67.5 Å². The van der Waals surface area contributed by atoms with Gasteiger partial charge in [0, 0.05) is 38.9 Å². The Morgan fingerprint density at radius 1 is 0.833 bits per heavy atom. The molecule has 0 aromatic heterocycles. The molecule has 1 saturated carbocycles. The van der Waals surface area contributed by atoms with E-state index in [2.05, 4.69) is 16.0 Å². The van der Waals surface area contributed by atoms with E-state index < -0.39 is 39.6 Å². The summed E-state index contributed by atoms with van der Waals surface area (Å²) in [6.07, 6.45) is -0.690. The highest BCUT2D eigenvalue weighted by Crippen LogP contribution is 2.65. The number of alkyl halides is 2. The molecule has 0 spiro atoms. The second-order valence-electron chi connectivity index (χ2n) is 10.6. The fraction of sp³-hybridized carbons (Fsp3) is 0.276. The highest BCUT2D eigenvalue weighted by Gasteiger charge is 2.67. The Bertz CT molecular complexity index is 1540. The molecular weight excluding hydrogens is 648 g/mol. The number of benzene rings is 3. The van der Waals surface area contributed by atoms with Gasteiger partial charge in [-0.3, -0.25) is 9.59 Å². The number of anilines is 2. The third-order valence-corrected chi connectivity index (χ3v) is 7.87. The van der Waals surface area contributed by atoms with Crippen LogP contribution in [0.1, 0.15) is 42.6 Å². The monoisotopic (exact) mass is 671 g/mol. The summed E-state index contributed by atoms with van der Waals surface area (Å²) in [5.41, 5.74) is 0.792. The molecule has 2 atom stereocenters. The average Bonchev–Trinajstić information content (AvgIpc) is 3.45. The van der Waals surface area contributed by atoms with E-state index in [9.17, 15) is 14.4 Å². The van der Waals surface area contributed by atoms with Gasteiger partial charge in [0.15, 0.2) is 11.5 Å². The lowest BCUT2D eigenvalue weighted by atomic mass is 10.1. The van der Waals surface area contributed by atoms with Crippen molar-refractivity contribution in [3.63, 3.8) is 0 Å². The average molecular weight is 674 g/mol. The molecular formula is C29H26Cl5N3O5. The van der Waals surface area contributed by atoms with Gasteiger partial charge < -0.3 is 25.4 Å². The molecule has 0 radical (unpaired) electrons. The largest absolute Gasteiger partial charge is 0.493 e. The van der Waals surface area contributed by atoms with Gasteiger partial charge in [-0.25, -0.2) is 4.79 Å². The fourth-order valence-corrected chi connectivity index (χ4v) is 5.86. The summed E-state index contributed by atoms with van der Waals surface area (Å²) in [5, 5.41) is 9.07. The van der Waals surface area contributed by atoms with Gasteiger partial charge in [0.25, 0.3) is 5.91 Å². The summed E-state index contributed by atoms with van der Waals surface area (Å²) in [5.74, 6) is -1.99. The van der Waals surface area contributed by atoms with Crippen molar-refractivity contribution >= 4 is 87.3 Å². The molecule has 3 aromatic rings. The van der Waals surface area contributed by atoms with Gasteiger partial charge in [-0.15, -0.1) is 23.2 Å². The predicted molar refractivity (Wildman–Crippen MR) is 167 cm³/mol. The Morgan fingerprint density at radius 3 is 2.07 bits per heavy atom. The summed E-state index contributed by atoms with van der Waals surface area (Å²) >= 11 is 31.4. The predicted octanol–water partition coefficient (Wildman–Crippen LogP) is 8.32. The van der Waals surface area contributed by atoms with E-state index in [1.54, 1.807) is 30.3 Å². The Labute approximate surface area is 267 Å². The Balaban J connectivity index is 1.48. The Morgan fingerprint density at radius 2 is 1.45 bits per heavy atom. The number of rotatable bonds is 7. The molecule has 0 saturated heterocycles. The maximum Gasteiger partial charge on any atom is 0.413 e. The van der Waals surface area contributed by atoms with Crippen molar-refractivity contribution in [3.8, 4) is 11.5 Å². The second-order valence-corrected chi connectivity index (χ2v) is 13.3. The molecule has 13 heteroatoms. The molecule has 1 aliphatic carbocycles. The lowest BCUT2D eigenvalue weighted by Gasteiger charge is -2.20. The first-order chi connectivity index (χ1) is 19.6. The number of nitrogens with one attached hydrogen (secondary N) is 3. The van der Waals surface area contributed by atoms with Crippen LogP contribution in [-0.4, -0.2) is 34.9 Å². The topological polar surface area (TPSA) is 106 Å². The SMILES string of the molecule is COc1ccc(NC(=O)c2cc(NC(=O)C3C(c4cc(Cl)cc(Cl)c4)C3(Cl)Cl)ccc2Cl)cc1OC(=O)NC(C)(C)C. The van der Waals surface area contributed by atoms with Crippen LogP contribution in [0, 0.1) is 5.92 Å². The third kappa shape index (κ3) is 7.54. The Kier molecular flexibility index (Phi) is 9.45. The second kappa shape index (κ2) is 12.4. The maximum atomic E-state index is 13.2. The van der Waals surface area contributed by atoms with Crippen molar-refractivity contribution in [2.75, 3.05) is 17.7 Å². The number of halogens is 5. The highest BCUT2D eigenvalue weighted by molar-refractivity contribution is 6.53. The van der Waals surface area contributed by atoms with Crippen LogP contribution >= 0.6 is 58.0 Å². The van der Waals surface area contributed by atoms with Crippen LogP contribution in [0.25, 0.3) is 0 Å². The fourth-order valence-electron chi connectivity index (χ4n) is 4.28. The van der Waals surface area contributed by atoms with Crippen molar-refractivity contribution in [2.45, 2.75) is 36.6 Å². The van der Waals surface area contributed by atoms with Gasteiger partial charge in [-0.05, 0) is 74.9 Å². The molecule has 1 aliphatic rings. The van der Waals surface area contributed by atoms with Crippen LogP contribution in [0.2, 0.25) is 15.1 Å². The quantitative estimate of drug-likeness (QED) is 0.219. The molecule has 42 heavy (non-hydrogen) atoms. The van der Waals surface area contributed by atoms with E-state index >= 15 is 0 Å². The minimum Gasteiger partial charge on any atom is -0.493 e. The van der Waals surface area contributed by atoms with Gasteiger partial charge in [0.1, 0.15) is 4.33 Å². The van der Waals surface area contributed by atoms with Gasteiger partial charge >= 0.3 is 6.09 Å². The van der Waals surface area contributed by atoms with E-state index in [0.29, 0.717) is 27.0 Å². The highest BCUT2D eigenvalue weighted by atomic mass is 35.5. The summed E-state index contributed by atoms with van der Waals surface area (Å²) in [6, 6.07) is 13.9. The molecule has 2 unspecified atom stereocenters. The number of hydrogen-bond donors (Lipinski definition) is 3. The van der Waals surface area contributed by atoms with Crippen LogP contribution < -0.4 is 25.4 Å². The van der Waals surface area contributed by atoms with Gasteiger partial charge in [0.05, 0.1) is 23.6 Å². The van der Waals surface area contributed by atoms with E-state index in [1.807, 2.05) is 20.8 Å². The zero-order valence-electron chi connectivity index (χ0n) is 22.8. The Hall–Kier alpha value is -2.88. The third-order valence-electron chi connectivity index (χ3n) is 6.16. The minimum absolute atomic E-state index is 0.0789. The van der Waals surface area contributed by atoms with E-state index in [-0.39, 0.29) is 22.1 Å². The number of ether oxygens (including phenoxy) is 2. The number of methoxy groups -OCH3 is 1. The molecule has 1 fully saturated rings. The maximum absolute atomic E-state index is 13.2. The molecule has 8 nitrogen and oxygen atoms in total. The zero-order valence-corrected chi connectivity index (χ0v) is 26.6. The zero-order chi connectivity index (χ0) is 31.0. The molecule has 3 N–H and O–H groups in total. The van der Waals surface area contributed by atoms with Crippen LogP contribution in [0.4, 0.5) is 16.2 Å². The van der Waals surface area contributed by atoms with E-state index in [1.165, 1.54) is 31.4 Å². The van der Waals surface area contributed by atoms with Gasteiger partial charge in [0.2, 0.25) is 5.91 Å². The van der Waals surface area contributed by atoms with Crippen molar-refractivity contribution in [2.24, 2.45) is 5.92 Å². The molecule has 3 amide bonds. The van der Waals surface area contributed by atoms with Gasteiger partial charge in [-0.1, -0.05) is 34.8 Å². The lowest BCUT2D eigenvalue weighted by Crippen LogP contribution is -2.42. The number of carbonyl (C=O) groups is 3. The summed E-state index contributed by atoms with van der Waals surface area (Å²) in [4.78, 5) is 38.6. The lowest BCUT2D eigenvalue weighted by molar-refractivity contribution is -0.117. The van der Waals surface area contributed by atoms with Crippen molar-refractivity contribution < 1.29 is 23.9 Å². The van der Waals surface area contributed by atoms with Crippen molar-refractivity contribution in [3.05, 3.63) is 80.8 Å². The number of carbonyl (C=O) groups excluding carboxylic acids is 3. The van der Waals surface area contributed by atoms with Crippen LogP contribution in [0.3, 0.4) is 0 Å². The van der Waals surface area contributed by atoms with Crippen molar-refractivity contribution in [1.82, 2.24) is 5.32 Å². The first kappa shape index (κ1) is 32.0. The van der Waals surface area contributed by atoms with Crippen LogP contribution in [0.15, 0.2) is 54.6 Å². The first-order valence-electron chi connectivity index (χ1n) is 12.5. The normalized spacial score (nSPS) is 17.2. The summed E-state index contributed by atoms with van der Waals surface area (Å²) < 4.78 is 9.29. The first-order valence-corrected chi connectivity index (χ1v) is 14.4. The molecule has 0 aliphatic heterocycles. The molecule has 4 rings (SSSR count). The summed E-state index contributed by atoms with van der Waals surface area (Å²) in [7, 11) is 1.42. The minimum atomic E-state index is -1.37. The van der Waals surface area contributed by atoms with E-state index in [0.717, 1.165) is 0 Å². The van der Waals surface area contributed by atoms with Gasteiger partial charge in [-0.2, -0.15) is 0 Å². The molecule has 0 heterocycles. The summed E-state index contributed by atoms with van der Waals surface area (Å²) in [6.45, 7) is 5.42. The smallest absolute Gasteiger partial charge is 0.413 e. The molecule has 3 aromatic carbocycles. The standard InChI is InChI=1S/C29H26Cl5N3O5/c1-28(2,3)37-27(40)42-22-13-18(6-8-21(22)41-4)35-25(38)19-12-17(5-7-20(19)32)36-26(39)24-23(29(24,33)34)14-9-15(30)11-16(31)10-14/h5-13,23-24H,1-4H3,(H,35,38)(H,36,39)(H,37,40). The van der Waals surface area contributed by atoms with Crippen LogP contribution in [0.5, 0.6) is 11.5 Å². The van der Waals surface area contributed by atoms with Crippen LogP contribution in [-0.2, 0) is 4.79 Å². The number of amides is 3.